The number of benzene rings is 2. The summed E-state index contributed by atoms with van der Waals surface area (Å²) in [5.74, 6) is 2.39. The number of hydrogen-bond acceptors (Lipinski definition) is 6. The highest BCUT2D eigenvalue weighted by molar-refractivity contribution is 7.99. The van der Waals surface area contributed by atoms with Crippen molar-refractivity contribution in [2.75, 3.05) is 29.5 Å². The van der Waals surface area contributed by atoms with Gasteiger partial charge >= 0.3 is 6.01 Å². The number of aryl methyl sites for hydroxylation is 2. The molecule has 0 bridgehead atoms. The van der Waals surface area contributed by atoms with Crippen LogP contribution in [0.1, 0.15) is 39.0 Å². The van der Waals surface area contributed by atoms with Gasteiger partial charge < -0.3 is 14.6 Å². The molecule has 156 valence electrons. The Balaban J connectivity index is 1.58. The van der Waals surface area contributed by atoms with E-state index in [4.69, 9.17) is 4.42 Å². The van der Waals surface area contributed by atoms with E-state index < -0.39 is 6.04 Å². The molecule has 1 amide bonds. The van der Waals surface area contributed by atoms with Gasteiger partial charge in [-0.2, -0.15) is 11.8 Å². The third kappa shape index (κ3) is 5.02. The molecular weight excluding hydrogens is 396 g/mol. The number of rotatable bonds is 6. The fourth-order valence-electron chi connectivity index (χ4n) is 3.65. The second-order valence-electron chi connectivity index (χ2n) is 7.61. The van der Waals surface area contributed by atoms with Crippen LogP contribution in [0.2, 0.25) is 0 Å². The van der Waals surface area contributed by atoms with E-state index in [1.807, 2.05) is 68.1 Å². The van der Waals surface area contributed by atoms with Crippen molar-refractivity contribution in [1.29, 1.82) is 0 Å². The molecule has 30 heavy (non-hydrogen) atoms. The molecule has 2 aromatic carbocycles. The first-order valence-corrected chi connectivity index (χ1v) is 11.3. The van der Waals surface area contributed by atoms with Gasteiger partial charge in [0.05, 0.1) is 0 Å². The molecule has 0 aliphatic carbocycles. The molecule has 1 fully saturated rings. The molecule has 1 atom stereocenters. The minimum Gasteiger partial charge on any atom is -0.406 e. The third-order valence-electron chi connectivity index (χ3n) is 5.08. The van der Waals surface area contributed by atoms with E-state index in [1.165, 1.54) is 0 Å². The molecule has 1 aliphatic rings. The average molecular weight is 423 g/mol. The fraction of sp³-hybridized carbons (Fsp3) is 0.348. The van der Waals surface area contributed by atoms with E-state index in [-0.39, 0.29) is 5.91 Å². The first-order chi connectivity index (χ1) is 14.6. The summed E-state index contributed by atoms with van der Waals surface area (Å²) < 4.78 is 6.02. The summed E-state index contributed by atoms with van der Waals surface area (Å²) in [6.45, 7) is 5.77. The van der Waals surface area contributed by atoms with Crippen molar-refractivity contribution in [3.05, 3.63) is 76.7 Å². The molecule has 6 nitrogen and oxygen atoms in total. The molecule has 0 spiro atoms. The van der Waals surface area contributed by atoms with Gasteiger partial charge in [0, 0.05) is 36.6 Å². The Labute approximate surface area is 181 Å². The second kappa shape index (κ2) is 9.34. The molecule has 1 saturated heterocycles. The maximum atomic E-state index is 13.0. The number of thioether (sulfide) groups is 1. The molecule has 1 aromatic heterocycles. The number of nitrogens with one attached hydrogen (secondary N) is 1. The Morgan fingerprint density at radius 1 is 1.10 bits per heavy atom. The smallest absolute Gasteiger partial charge is 0.318 e. The normalized spacial score (nSPS) is 15.1. The van der Waals surface area contributed by atoms with Crippen molar-refractivity contribution in [3.8, 4) is 0 Å². The van der Waals surface area contributed by atoms with E-state index in [9.17, 15) is 4.79 Å². The van der Waals surface area contributed by atoms with Crippen LogP contribution in [-0.2, 0) is 6.42 Å². The summed E-state index contributed by atoms with van der Waals surface area (Å²) in [4.78, 5) is 15.1. The van der Waals surface area contributed by atoms with Gasteiger partial charge in [-0.05, 0) is 31.5 Å². The van der Waals surface area contributed by atoms with Crippen LogP contribution in [0.15, 0.2) is 52.9 Å². The van der Waals surface area contributed by atoms with Gasteiger partial charge in [-0.15, -0.1) is 5.10 Å². The number of carbonyl (C=O) groups is 1. The molecule has 1 aliphatic heterocycles. The summed E-state index contributed by atoms with van der Waals surface area (Å²) in [6.07, 6.45) is 0.578. The number of hydrogen-bond donors (Lipinski definition) is 1. The van der Waals surface area contributed by atoms with E-state index in [2.05, 4.69) is 26.5 Å². The SMILES string of the molecule is Cc1cc(C)cc(C(=O)NC(Cc2ccccc2)c2nnc(N3CCSCC3)o2)c1. The van der Waals surface area contributed by atoms with Gasteiger partial charge in [0.2, 0.25) is 5.89 Å². The van der Waals surface area contributed by atoms with Crippen LogP contribution in [0.4, 0.5) is 6.01 Å². The van der Waals surface area contributed by atoms with Crippen molar-refractivity contribution >= 4 is 23.7 Å². The van der Waals surface area contributed by atoms with Crippen LogP contribution >= 0.6 is 11.8 Å². The summed E-state index contributed by atoms with van der Waals surface area (Å²) in [5, 5.41) is 11.7. The van der Waals surface area contributed by atoms with E-state index >= 15 is 0 Å². The summed E-state index contributed by atoms with van der Waals surface area (Å²) in [7, 11) is 0. The molecule has 0 saturated carbocycles. The molecule has 0 radical (unpaired) electrons. The molecule has 2 heterocycles. The topological polar surface area (TPSA) is 71.3 Å². The fourth-order valence-corrected chi connectivity index (χ4v) is 4.55. The van der Waals surface area contributed by atoms with Crippen LogP contribution < -0.4 is 10.2 Å². The first-order valence-electron chi connectivity index (χ1n) is 10.2. The van der Waals surface area contributed by atoms with Crippen LogP contribution in [0, 0.1) is 13.8 Å². The molecule has 3 aromatic rings. The highest BCUT2D eigenvalue weighted by atomic mass is 32.2. The van der Waals surface area contributed by atoms with Crippen molar-refractivity contribution in [2.45, 2.75) is 26.3 Å². The number of anilines is 1. The lowest BCUT2D eigenvalue weighted by Crippen LogP contribution is -2.32. The predicted octanol–water partition coefficient (Wildman–Crippen LogP) is 3.95. The third-order valence-corrected chi connectivity index (χ3v) is 6.02. The number of aromatic nitrogens is 2. The molecule has 1 N–H and O–H groups in total. The Kier molecular flexibility index (Phi) is 6.38. The summed E-state index contributed by atoms with van der Waals surface area (Å²) in [5.41, 5.74) is 3.85. The molecule has 4 rings (SSSR count). The zero-order valence-corrected chi connectivity index (χ0v) is 18.1. The maximum Gasteiger partial charge on any atom is 0.318 e. The van der Waals surface area contributed by atoms with Crippen molar-refractivity contribution in [3.63, 3.8) is 0 Å². The predicted molar refractivity (Wildman–Crippen MR) is 120 cm³/mol. The monoisotopic (exact) mass is 422 g/mol. The average Bonchev–Trinajstić information content (AvgIpc) is 3.24. The summed E-state index contributed by atoms with van der Waals surface area (Å²) >= 11 is 1.93. The highest BCUT2D eigenvalue weighted by Crippen LogP contribution is 2.24. The van der Waals surface area contributed by atoms with E-state index in [1.54, 1.807) is 0 Å². The van der Waals surface area contributed by atoms with Crippen molar-refractivity contribution < 1.29 is 9.21 Å². The highest BCUT2D eigenvalue weighted by Gasteiger charge is 2.25. The second-order valence-corrected chi connectivity index (χ2v) is 8.84. The zero-order valence-electron chi connectivity index (χ0n) is 17.3. The van der Waals surface area contributed by atoms with Crippen LogP contribution in [0.25, 0.3) is 0 Å². The Morgan fingerprint density at radius 3 is 2.50 bits per heavy atom. The largest absolute Gasteiger partial charge is 0.406 e. The zero-order chi connectivity index (χ0) is 20.9. The molecule has 1 unspecified atom stereocenters. The Morgan fingerprint density at radius 2 is 1.80 bits per heavy atom. The summed E-state index contributed by atoms with van der Waals surface area (Å²) in [6, 6.07) is 16.0. The first kappa shape index (κ1) is 20.5. The van der Waals surface area contributed by atoms with Gasteiger partial charge in [-0.3, -0.25) is 4.79 Å². The van der Waals surface area contributed by atoms with Crippen LogP contribution in [0.5, 0.6) is 0 Å². The van der Waals surface area contributed by atoms with Gasteiger partial charge in [-0.1, -0.05) is 52.6 Å². The van der Waals surface area contributed by atoms with Crippen molar-refractivity contribution in [1.82, 2.24) is 15.5 Å². The minimum atomic E-state index is -0.402. The maximum absolute atomic E-state index is 13.0. The van der Waals surface area contributed by atoms with Gasteiger partial charge in [0.25, 0.3) is 5.91 Å². The van der Waals surface area contributed by atoms with Crippen molar-refractivity contribution in [2.24, 2.45) is 0 Å². The molecular formula is C23H26N4O2S. The standard InChI is InChI=1S/C23H26N4O2S/c1-16-12-17(2)14-19(13-16)21(28)24-20(15-18-6-4-3-5-7-18)22-25-26-23(29-22)27-8-10-30-11-9-27/h3-7,12-14,20H,8-11,15H2,1-2H3,(H,24,28). The van der Waals surface area contributed by atoms with E-state index in [0.29, 0.717) is 23.9 Å². The van der Waals surface area contributed by atoms with Gasteiger partial charge in [0.15, 0.2) is 0 Å². The lowest BCUT2D eigenvalue weighted by molar-refractivity contribution is 0.0930. The number of carbonyl (C=O) groups excluding carboxylic acids is 1. The quantitative estimate of drug-likeness (QED) is 0.649. The number of amides is 1. The van der Waals surface area contributed by atoms with Crippen LogP contribution in [0.3, 0.4) is 0 Å². The minimum absolute atomic E-state index is 0.142. The van der Waals surface area contributed by atoms with Gasteiger partial charge in [0.1, 0.15) is 6.04 Å². The Bertz CT molecular complexity index is 979. The Hall–Kier alpha value is -2.80. The van der Waals surface area contributed by atoms with Crippen LogP contribution in [-0.4, -0.2) is 40.7 Å². The van der Waals surface area contributed by atoms with Gasteiger partial charge in [-0.25, -0.2) is 0 Å². The number of nitrogens with zero attached hydrogens (tertiary/aromatic N) is 3. The van der Waals surface area contributed by atoms with E-state index in [0.717, 1.165) is 41.3 Å². The molecule has 7 heteroatoms. The lowest BCUT2D eigenvalue weighted by atomic mass is 10.0. The lowest BCUT2D eigenvalue weighted by Gasteiger charge is -2.24.